The maximum absolute atomic E-state index is 11.4. The van der Waals surface area contributed by atoms with E-state index < -0.39 is 0 Å². The summed E-state index contributed by atoms with van der Waals surface area (Å²) in [6.45, 7) is 4.33. The van der Waals surface area contributed by atoms with E-state index >= 15 is 0 Å². The van der Waals surface area contributed by atoms with Crippen LogP contribution in [0.4, 0.5) is 0 Å². The van der Waals surface area contributed by atoms with E-state index in [-0.39, 0.29) is 5.91 Å². The van der Waals surface area contributed by atoms with Gasteiger partial charge in [0.2, 0.25) is 0 Å². The lowest BCUT2D eigenvalue weighted by Gasteiger charge is -2.05. The number of carbonyl (C=O) groups excluding carboxylic acids is 1. The summed E-state index contributed by atoms with van der Waals surface area (Å²) in [7, 11) is 0. The van der Waals surface area contributed by atoms with Gasteiger partial charge in [-0.3, -0.25) is 10.2 Å². The third-order valence-corrected chi connectivity index (χ3v) is 2.62. The Balaban J connectivity index is 2.24. The fraction of sp³-hybridized carbons (Fsp3) is 0.250. The van der Waals surface area contributed by atoms with Crippen LogP contribution in [0.15, 0.2) is 24.3 Å². The van der Waals surface area contributed by atoms with Gasteiger partial charge in [-0.2, -0.15) is 5.10 Å². The molecule has 1 heterocycles. The van der Waals surface area contributed by atoms with Crippen LogP contribution in [0, 0.1) is 13.8 Å². The summed E-state index contributed by atoms with van der Waals surface area (Å²) in [5.41, 5.74) is 3.62. The normalized spacial score (nSPS) is 10.4. The Morgan fingerprint density at radius 3 is 2.83 bits per heavy atom. The molecule has 0 aliphatic rings. The second-order valence-corrected chi connectivity index (χ2v) is 4.04. The predicted octanol–water partition coefficient (Wildman–Crippen LogP) is 0.547. The van der Waals surface area contributed by atoms with E-state index in [2.05, 4.69) is 15.5 Å². The molecule has 0 radical (unpaired) electrons. The molecular formula is C12H15N5O. The number of nitrogen functional groups attached to an aromatic ring is 1. The number of benzene rings is 1. The molecule has 0 aliphatic heterocycles. The summed E-state index contributed by atoms with van der Waals surface area (Å²) in [6, 6.07) is 7.26. The molecule has 2 aromatic rings. The highest BCUT2D eigenvalue weighted by molar-refractivity contribution is 5.93. The van der Waals surface area contributed by atoms with Crippen LogP contribution in [0.3, 0.4) is 0 Å². The number of hydrogen-bond acceptors (Lipinski definition) is 4. The lowest BCUT2D eigenvalue weighted by Crippen LogP contribution is -2.30. The van der Waals surface area contributed by atoms with Crippen molar-refractivity contribution >= 4 is 5.91 Å². The number of rotatable bonds is 3. The average Bonchev–Trinajstić information content (AvgIpc) is 2.67. The Morgan fingerprint density at radius 2 is 2.22 bits per heavy atom. The molecule has 3 N–H and O–H groups in total. The molecule has 0 fully saturated rings. The number of nitrogens with two attached hydrogens (primary N) is 1. The number of nitrogens with one attached hydrogen (secondary N) is 1. The van der Waals surface area contributed by atoms with Gasteiger partial charge < -0.3 is 0 Å². The molecule has 0 bridgehead atoms. The van der Waals surface area contributed by atoms with E-state index in [1.807, 2.05) is 26.0 Å². The molecule has 1 amide bonds. The molecule has 0 spiro atoms. The summed E-state index contributed by atoms with van der Waals surface area (Å²) in [6.07, 6.45) is 0. The van der Waals surface area contributed by atoms with Gasteiger partial charge in [0.05, 0.1) is 6.54 Å². The molecule has 0 atom stereocenters. The molecule has 6 heteroatoms. The van der Waals surface area contributed by atoms with E-state index in [0.717, 1.165) is 17.2 Å². The molecule has 18 heavy (non-hydrogen) atoms. The molecule has 1 aromatic heterocycles. The molecule has 94 valence electrons. The lowest BCUT2D eigenvalue weighted by atomic mass is 10.1. The van der Waals surface area contributed by atoms with Crippen LogP contribution >= 0.6 is 0 Å². The smallest absolute Gasteiger partial charge is 0.265 e. The topological polar surface area (TPSA) is 85.8 Å². The monoisotopic (exact) mass is 245 g/mol. The first-order valence-corrected chi connectivity index (χ1v) is 5.58. The number of hydrazine groups is 1. The molecule has 0 saturated carbocycles. The summed E-state index contributed by atoms with van der Waals surface area (Å²) in [5.74, 6) is 6.39. The zero-order valence-corrected chi connectivity index (χ0v) is 10.3. The summed E-state index contributed by atoms with van der Waals surface area (Å²) < 4.78 is 1.80. The maximum atomic E-state index is 11.4. The van der Waals surface area contributed by atoms with Crippen molar-refractivity contribution in [1.82, 2.24) is 20.2 Å². The molecule has 2 rings (SSSR count). The van der Waals surface area contributed by atoms with Gasteiger partial charge in [-0.25, -0.2) is 15.5 Å². The van der Waals surface area contributed by atoms with Gasteiger partial charge in [-0.15, -0.1) is 0 Å². The summed E-state index contributed by atoms with van der Waals surface area (Å²) >= 11 is 0. The van der Waals surface area contributed by atoms with Gasteiger partial charge in [0.25, 0.3) is 5.91 Å². The van der Waals surface area contributed by atoms with Crippen molar-refractivity contribution in [2.45, 2.75) is 20.4 Å². The number of carbonyl (C=O) groups is 1. The Morgan fingerprint density at radius 1 is 1.44 bits per heavy atom. The highest BCUT2D eigenvalue weighted by atomic mass is 16.2. The van der Waals surface area contributed by atoms with Crippen LogP contribution in [-0.2, 0) is 6.54 Å². The number of amides is 1. The van der Waals surface area contributed by atoms with E-state index in [1.54, 1.807) is 16.8 Å². The summed E-state index contributed by atoms with van der Waals surface area (Å²) in [5, 5.41) is 4.28. The maximum Gasteiger partial charge on any atom is 0.265 e. The van der Waals surface area contributed by atoms with Crippen LogP contribution in [0.1, 0.15) is 27.6 Å². The fourth-order valence-electron chi connectivity index (χ4n) is 1.78. The predicted molar refractivity (Wildman–Crippen MR) is 66.7 cm³/mol. The van der Waals surface area contributed by atoms with Gasteiger partial charge in [-0.1, -0.05) is 12.1 Å². The van der Waals surface area contributed by atoms with E-state index in [0.29, 0.717) is 12.1 Å². The standard InChI is InChI=1S/C12H15N5O/c1-8-14-9(2)17(16-8)7-10-4-3-5-11(6-10)12(18)15-13/h3-6H,7,13H2,1-2H3,(H,15,18). The van der Waals surface area contributed by atoms with Gasteiger partial charge in [0.15, 0.2) is 0 Å². The highest BCUT2D eigenvalue weighted by Gasteiger charge is 2.06. The average molecular weight is 245 g/mol. The molecular weight excluding hydrogens is 230 g/mol. The van der Waals surface area contributed by atoms with Crippen LogP contribution in [0.2, 0.25) is 0 Å². The highest BCUT2D eigenvalue weighted by Crippen LogP contribution is 2.08. The lowest BCUT2D eigenvalue weighted by molar-refractivity contribution is 0.0953. The molecule has 0 saturated heterocycles. The third kappa shape index (κ3) is 2.54. The van der Waals surface area contributed by atoms with Crippen molar-refractivity contribution in [3.8, 4) is 0 Å². The SMILES string of the molecule is Cc1nc(C)n(Cc2cccc(C(=O)NN)c2)n1. The first-order chi connectivity index (χ1) is 8.60. The molecule has 0 aliphatic carbocycles. The second-order valence-electron chi connectivity index (χ2n) is 4.04. The first-order valence-electron chi connectivity index (χ1n) is 5.58. The van der Waals surface area contributed by atoms with Crippen LogP contribution in [-0.4, -0.2) is 20.7 Å². The van der Waals surface area contributed by atoms with E-state index in [9.17, 15) is 4.79 Å². The molecule has 0 unspecified atom stereocenters. The molecule has 6 nitrogen and oxygen atoms in total. The first kappa shape index (κ1) is 12.3. The van der Waals surface area contributed by atoms with Crippen molar-refractivity contribution in [2.24, 2.45) is 5.84 Å². The van der Waals surface area contributed by atoms with Crippen molar-refractivity contribution < 1.29 is 4.79 Å². The van der Waals surface area contributed by atoms with Gasteiger partial charge in [0, 0.05) is 5.56 Å². The zero-order chi connectivity index (χ0) is 13.1. The number of aromatic nitrogens is 3. The second kappa shape index (κ2) is 4.97. The van der Waals surface area contributed by atoms with Crippen molar-refractivity contribution in [3.63, 3.8) is 0 Å². The third-order valence-electron chi connectivity index (χ3n) is 2.62. The van der Waals surface area contributed by atoms with Crippen molar-refractivity contribution in [2.75, 3.05) is 0 Å². The van der Waals surface area contributed by atoms with E-state index in [4.69, 9.17) is 5.84 Å². The minimum Gasteiger partial charge on any atom is -0.290 e. The zero-order valence-electron chi connectivity index (χ0n) is 10.3. The Hall–Kier alpha value is -2.21. The Kier molecular flexibility index (Phi) is 3.38. The van der Waals surface area contributed by atoms with Gasteiger partial charge in [-0.05, 0) is 31.5 Å². The van der Waals surface area contributed by atoms with Crippen LogP contribution in [0.25, 0.3) is 0 Å². The molecule has 1 aromatic carbocycles. The number of nitrogens with zero attached hydrogens (tertiary/aromatic N) is 3. The largest absolute Gasteiger partial charge is 0.290 e. The van der Waals surface area contributed by atoms with Gasteiger partial charge >= 0.3 is 0 Å². The van der Waals surface area contributed by atoms with Crippen molar-refractivity contribution in [1.29, 1.82) is 0 Å². The Bertz CT molecular complexity index is 576. The summed E-state index contributed by atoms with van der Waals surface area (Å²) in [4.78, 5) is 15.7. The number of hydrogen-bond donors (Lipinski definition) is 2. The van der Waals surface area contributed by atoms with E-state index in [1.165, 1.54) is 0 Å². The van der Waals surface area contributed by atoms with Gasteiger partial charge in [0.1, 0.15) is 11.6 Å². The minimum atomic E-state index is -0.302. The van der Waals surface area contributed by atoms with Crippen LogP contribution < -0.4 is 11.3 Å². The van der Waals surface area contributed by atoms with Crippen molar-refractivity contribution in [3.05, 3.63) is 47.0 Å². The quantitative estimate of drug-likeness (QED) is 0.469. The fourth-order valence-corrected chi connectivity index (χ4v) is 1.78. The number of aryl methyl sites for hydroxylation is 2. The Labute approximate surface area is 105 Å². The minimum absolute atomic E-state index is 0.302. The van der Waals surface area contributed by atoms with Crippen LogP contribution in [0.5, 0.6) is 0 Å².